The summed E-state index contributed by atoms with van der Waals surface area (Å²) in [7, 11) is 0. The molecule has 1 aromatic rings. The summed E-state index contributed by atoms with van der Waals surface area (Å²) >= 11 is 0. The molecule has 1 spiro atoms. The highest BCUT2D eigenvalue weighted by atomic mass is 16.2. The third-order valence-corrected chi connectivity index (χ3v) is 7.28. The molecule has 4 aliphatic rings. The number of para-hydroxylation sites is 1. The van der Waals surface area contributed by atoms with Gasteiger partial charge in [-0.05, 0) is 62.7 Å². The van der Waals surface area contributed by atoms with E-state index in [9.17, 15) is 9.59 Å². The molecular weight excluding hydrogens is 312 g/mol. The first-order chi connectivity index (χ1) is 12.2. The van der Waals surface area contributed by atoms with E-state index in [1.807, 2.05) is 6.07 Å². The second-order valence-electron chi connectivity index (χ2n) is 8.45. The van der Waals surface area contributed by atoms with Gasteiger partial charge in [-0.1, -0.05) is 18.2 Å². The van der Waals surface area contributed by atoms with Crippen LogP contribution in [0.25, 0.3) is 0 Å². The zero-order valence-electron chi connectivity index (χ0n) is 14.7. The van der Waals surface area contributed by atoms with Gasteiger partial charge in [-0.25, -0.2) is 0 Å². The molecule has 2 heterocycles. The highest BCUT2D eigenvalue weighted by Gasteiger charge is 2.59. The van der Waals surface area contributed by atoms with E-state index >= 15 is 0 Å². The van der Waals surface area contributed by atoms with Crippen molar-refractivity contribution in [1.82, 2.24) is 4.90 Å². The third kappa shape index (κ3) is 2.45. The Labute approximate surface area is 149 Å². The second kappa shape index (κ2) is 5.66. The number of hydrogen-bond donors (Lipinski definition) is 1. The molecule has 1 amide bonds. The molecule has 3 fully saturated rings. The molecule has 132 valence electrons. The fraction of sp³-hybridized carbons (Fsp3) is 0.619. The van der Waals surface area contributed by atoms with Crippen molar-refractivity contribution in [2.45, 2.75) is 56.4 Å². The molecule has 1 aromatic carbocycles. The van der Waals surface area contributed by atoms with Crippen LogP contribution in [0.4, 0.5) is 5.69 Å². The minimum atomic E-state index is 0.168. The molecule has 1 saturated heterocycles. The molecule has 1 N–H and O–H groups in total. The quantitative estimate of drug-likeness (QED) is 0.856. The maximum absolute atomic E-state index is 12.4. The number of piperidine rings is 1. The number of anilines is 1. The number of carbonyl (C=O) groups excluding carboxylic acids is 2. The average Bonchev–Trinajstić information content (AvgIpc) is 3.45. The van der Waals surface area contributed by atoms with Crippen LogP contribution in [0.1, 0.15) is 50.5 Å². The van der Waals surface area contributed by atoms with Gasteiger partial charge in [0.15, 0.2) is 0 Å². The number of fused-ring (bicyclic) bond motifs is 4. The Morgan fingerprint density at radius 3 is 2.52 bits per heavy atom. The lowest BCUT2D eigenvalue weighted by Gasteiger charge is -2.46. The molecule has 0 bridgehead atoms. The van der Waals surface area contributed by atoms with Gasteiger partial charge >= 0.3 is 0 Å². The second-order valence-corrected chi connectivity index (χ2v) is 8.45. The minimum absolute atomic E-state index is 0.168. The largest absolute Gasteiger partial charge is 0.326 e. The molecule has 0 radical (unpaired) electrons. The smallest absolute Gasteiger partial charge is 0.227 e. The topological polar surface area (TPSA) is 49.4 Å². The summed E-state index contributed by atoms with van der Waals surface area (Å²) in [5.41, 5.74) is 2.57. The maximum Gasteiger partial charge on any atom is 0.227 e. The SMILES string of the molecule is O=C1CCC(N2CCC3(CC2)c2ccccc2NC(=O)C2CC23)CC1. The summed E-state index contributed by atoms with van der Waals surface area (Å²) in [6.45, 7) is 2.20. The molecule has 2 aliphatic carbocycles. The highest BCUT2D eigenvalue weighted by Crippen LogP contribution is 2.60. The van der Waals surface area contributed by atoms with E-state index in [0.29, 0.717) is 17.7 Å². The van der Waals surface area contributed by atoms with Crippen LogP contribution in [0.15, 0.2) is 24.3 Å². The van der Waals surface area contributed by atoms with Crippen LogP contribution in [0.3, 0.4) is 0 Å². The predicted octanol–water partition coefficient (Wildman–Crippen LogP) is 3.12. The Balaban J connectivity index is 1.39. The van der Waals surface area contributed by atoms with Gasteiger partial charge in [0.25, 0.3) is 0 Å². The van der Waals surface area contributed by atoms with Gasteiger partial charge in [0.2, 0.25) is 5.91 Å². The van der Waals surface area contributed by atoms with E-state index in [-0.39, 0.29) is 17.2 Å². The Hall–Kier alpha value is -1.68. The van der Waals surface area contributed by atoms with Gasteiger partial charge in [0.1, 0.15) is 5.78 Å². The number of nitrogens with zero attached hydrogens (tertiary/aromatic N) is 1. The van der Waals surface area contributed by atoms with Crippen molar-refractivity contribution in [3.63, 3.8) is 0 Å². The molecule has 2 saturated carbocycles. The zero-order valence-corrected chi connectivity index (χ0v) is 14.7. The van der Waals surface area contributed by atoms with Crippen LogP contribution in [-0.2, 0) is 15.0 Å². The predicted molar refractivity (Wildman–Crippen MR) is 96.4 cm³/mol. The third-order valence-electron chi connectivity index (χ3n) is 7.28. The number of hydrogen-bond acceptors (Lipinski definition) is 3. The van der Waals surface area contributed by atoms with Crippen LogP contribution in [0.2, 0.25) is 0 Å². The highest BCUT2D eigenvalue weighted by molar-refractivity contribution is 5.97. The molecule has 4 heteroatoms. The van der Waals surface area contributed by atoms with Gasteiger partial charge in [0, 0.05) is 35.9 Å². The van der Waals surface area contributed by atoms with Crippen LogP contribution in [-0.4, -0.2) is 35.7 Å². The molecule has 25 heavy (non-hydrogen) atoms. The first kappa shape index (κ1) is 15.6. The summed E-state index contributed by atoms with van der Waals surface area (Å²) < 4.78 is 0. The van der Waals surface area contributed by atoms with Crippen LogP contribution in [0, 0.1) is 11.8 Å². The lowest BCUT2D eigenvalue weighted by Crippen LogP contribution is -2.49. The first-order valence-corrected chi connectivity index (χ1v) is 9.83. The fourth-order valence-corrected chi connectivity index (χ4v) is 5.76. The molecular formula is C21H26N2O2. The van der Waals surface area contributed by atoms with Gasteiger partial charge in [-0.3, -0.25) is 9.59 Å². The van der Waals surface area contributed by atoms with E-state index in [1.165, 1.54) is 5.56 Å². The Morgan fingerprint density at radius 2 is 1.76 bits per heavy atom. The van der Waals surface area contributed by atoms with Crippen molar-refractivity contribution in [3.05, 3.63) is 29.8 Å². The lowest BCUT2D eigenvalue weighted by atomic mass is 9.68. The summed E-state index contributed by atoms with van der Waals surface area (Å²) in [5, 5.41) is 3.17. The van der Waals surface area contributed by atoms with Gasteiger partial charge in [0.05, 0.1) is 0 Å². The molecule has 2 unspecified atom stereocenters. The van der Waals surface area contributed by atoms with Crippen molar-refractivity contribution >= 4 is 17.4 Å². The average molecular weight is 338 g/mol. The molecule has 0 aromatic heterocycles. The lowest BCUT2D eigenvalue weighted by molar-refractivity contribution is -0.121. The number of amides is 1. The molecule has 2 aliphatic heterocycles. The normalized spacial score (nSPS) is 31.8. The van der Waals surface area contributed by atoms with E-state index in [4.69, 9.17) is 0 Å². The number of benzene rings is 1. The van der Waals surface area contributed by atoms with Crippen molar-refractivity contribution in [2.75, 3.05) is 18.4 Å². The zero-order chi connectivity index (χ0) is 17.0. The number of rotatable bonds is 1. The van der Waals surface area contributed by atoms with E-state index < -0.39 is 0 Å². The summed E-state index contributed by atoms with van der Waals surface area (Å²) in [5.74, 6) is 1.40. The fourth-order valence-electron chi connectivity index (χ4n) is 5.76. The van der Waals surface area contributed by atoms with Crippen molar-refractivity contribution in [1.29, 1.82) is 0 Å². The number of ketones is 1. The summed E-state index contributed by atoms with van der Waals surface area (Å²) in [4.78, 5) is 26.6. The Morgan fingerprint density at radius 1 is 1.04 bits per heavy atom. The van der Waals surface area contributed by atoms with Gasteiger partial charge < -0.3 is 10.2 Å². The Kier molecular flexibility index (Phi) is 3.53. The number of likely N-dealkylation sites (tertiary alicyclic amines) is 1. The van der Waals surface area contributed by atoms with E-state index in [0.717, 1.165) is 63.7 Å². The van der Waals surface area contributed by atoms with Crippen LogP contribution >= 0.6 is 0 Å². The standard InChI is InChI=1S/C21H26N2O2/c24-15-7-5-14(6-8-15)23-11-9-21(10-12-23)17-3-1-2-4-19(17)22-20(25)16-13-18(16)21/h1-4,14,16,18H,5-13H2,(H,22,25). The van der Waals surface area contributed by atoms with Crippen molar-refractivity contribution < 1.29 is 9.59 Å². The van der Waals surface area contributed by atoms with Gasteiger partial charge in [-0.15, -0.1) is 0 Å². The number of nitrogens with one attached hydrogen (secondary N) is 1. The molecule has 4 nitrogen and oxygen atoms in total. The number of Topliss-reactive ketones (excluding diaryl/α,β-unsaturated/α-hetero) is 1. The number of carbonyl (C=O) groups is 2. The molecule has 2 atom stereocenters. The van der Waals surface area contributed by atoms with Crippen LogP contribution < -0.4 is 5.32 Å². The maximum atomic E-state index is 12.4. The monoisotopic (exact) mass is 338 g/mol. The summed E-state index contributed by atoms with van der Waals surface area (Å²) in [6, 6.07) is 9.04. The van der Waals surface area contributed by atoms with Gasteiger partial charge in [-0.2, -0.15) is 0 Å². The molecule has 5 rings (SSSR count). The minimum Gasteiger partial charge on any atom is -0.326 e. The van der Waals surface area contributed by atoms with Crippen LogP contribution in [0.5, 0.6) is 0 Å². The first-order valence-electron chi connectivity index (χ1n) is 9.83. The van der Waals surface area contributed by atoms with Crippen molar-refractivity contribution in [2.24, 2.45) is 11.8 Å². The Bertz CT molecular complexity index is 710. The van der Waals surface area contributed by atoms with E-state index in [1.54, 1.807) is 0 Å². The van der Waals surface area contributed by atoms with E-state index in [2.05, 4.69) is 28.4 Å². The summed E-state index contributed by atoms with van der Waals surface area (Å²) in [6.07, 6.45) is 6.94. The van der Waals surface area contributed by atoms with Crippen molar-refractivity contribution in [3.8, 4) is 0 Å².